The molecule has 0 saturated carbocycles. The van der Waals surface area contributed by atoms with Gasteiger partial charge in [0.15, 0.2) is 11.5 Å². The Morgan fingerprint density at radius 2 is 1.90 bits per heavy atom. The average Bonchev–Trinajstić information content (AvgIpc) is 3.22. The lowest BCUT2D eigenvalue weighted by Crippen LogP contribution is -2.00. The molecule has 5 heteroatoms. The Balaban J connectivity index is 1.59. The summed E-state index contributed by atoms with van der Waals surface area (Å²) in [6.07, 6.45) is 1.83. The second-order valence-corrected chi connectivity index (χ2v) is 8.32. The van der Waals surface area contributed by atoms with Crippen LogP contribution in [0.25, 0.3) is 21.9 Å². The van der Waals surface area contributed by atoms with Crippen molar-refractivity contribution in [3.63, 3.8) is 0 Å². The summed E-state index contributed by atoms with van der Waals surface area (Å²) in [6.45, 7) is 4.62. The van der Waals surface area contributed by atoms with Crippen LogP contribution >= 0.6 is 11.3 Å². The highest BCUT2D eigenvalue weighted by atomic mass is 32.1. The van der Waals surface area contributed by atoms with Gasteiger partial charge in [-0.25, -0.2) is 4.98 Å². The molecule has 4 nitrogen and oxygen atoms in total. The number of nitriles is 1. The fourth-order valence-corrected chi connectivity index (χ4v) is 4.23. The number of fused-ring (bicyclic) bond motifs is 1. The standard InChI is InChI=1S/C26H22N2O2S/c1-17-8-9-18(2)21(12-17)16-30-23-11-10-19(14-24(23)29-3)13-20(15-27)26-28-22-6-4-5-7-25(22)31-26/h4-14H,16H2,1-3H3/b20-13-. The Labute approximate surface area is 186 Å². The first-order valence-electron chi connectivity index (χ1n) is 9.92. The smallest absolute Gasteiger partial charge is 0.161 e. The van der Waals surface area contributed by atoms with E-state index < -0.39 is 0 Å². The average molecular weight is 427 g/mol. The van der Waals surface area contributed by atoms with Crippen LogP contribution in [-0.2, 0) is 6.61 Å². The van der Waals surface area contributed by atoms with E-state index in [9.17, 15) is 5.26 Å². The van der Waals surface area contributed by atoms with Gasteiger partial charge in [0, 0.05) is 0 Å². The van der Waals surface area contributed by atoms with Crippen LogP contribution in [0, 0.1) is 25.2 Å². The van der Waals surface area contributed by atoms with Crippen LogP contribution in [0.4, 0.5) is 0 Å². The number of nitrogens with zero attached hydrogens (tertiary/aromatic N) is 2. The van der Waals surface area contributed by atoms with Crippen LogP contribution in [0.2, 0.25) is 0 Å². The van der Waals surface area contributed by atoms with Crippen LogP contribution in [0.3, 0.4) is 0 Å². The van der Waals surface area contributed by atoms with Crippen molar-refractivity contribution in [2.75, 3.05) is 7.11 Å². The Hall–Kier alpha value is -3.62. The predicted octanol–water partition coefficient (Wildman–Crippen LogP) is 6.56. The van der Waals surface area contributed by atoms with Crippen LogP contribution in [0.15, 0.2) is 60.7 Å². The molecule has 0 aliphatic carbocycles. The van der Waals surface area contributed by atoms with Crippen molar-refractivity contribution in [2.45, 2.75) is 20.5 Å². The number of hydrogen-bond acceptors (Lipinski definition) is 5. The van der Waals surface area contributed by atoms with Gasteiger partial charge in [-0.1, -0.05) is 42.0 Å². The number of rotatable bonds is 6. The minimum atomic E-state index is 0.466. The Morgan fingerprint density at radius 3 is 2.68 bits per heavy atom. The summed E-state index contributed by atoms with van der Waals surface area (Å²) in [6, 6.07) is 22.2. The van der Waals surface area contributed by atoms with Gasteiger partial charge in [0.1, 0.15) is 17.7 Å². The van der Waals surface area contributed by atoms with E-state index in [0.29, 0.717) is 28.7 Å². The van der Waals surface area contributed by atoms with Crippen molar-refractivity contribution in [2.24, 2.45) is 0 Å². The second-order valence-electron chi connectivity index (χ2n) is 7.29. The van der Waals surface area contributed by atoms with E-state index in [2.05, 4.69) is 43.1 Å². The number of hydrogen-bond donors (Lipinski definition) is 0. The fraction of sp³-hybridized carbons (Fsp3) is 0.154. The monoisotopic (exact) mass is 426 g/mol. The maximum atomic E-state index is 9.70. The number of benzene rings is 3. The first-order valence-corrected chi connectivity index (χ1v) is 10.7. The van der Waals surface area contributed by atoms with Crippen molar-refractivity contribution in [3.05, 3.63) is 87.9 Å². The number of para-hydroxylation sites is 1. The zero-order chi connectivity index (χ0) is 21.8. The topological polar surface area (TPSA) is 55.1 Å². The number of aromatic nitrogens is 1. The highest BCUT2D eigenvalue weighted by Crippen LogP contribution is 2.32. The molecule has 0 saturated heterocycles. The van der Waals surface area contributed by atoms with E-state index in [1.165, 1.54) is 22.5 Å². The lowest BCUT2D eigenvalue weighted by atomic mass is 10.1. The molecule has 1 aromatic heterocycles. The van der Waals surface area contributed by atoms with Gasteiger partial charge < -0.3 is 9.47 Å². The minimum absolute atomic E-state index is 0.466. The summed E-state index contributed by atoms with van der Waals surface area (Å²) in [5, 5.41) is 10.4. The summed E-state index contributed by atoms with van der Waals surface area (Å²) in [4.78, 5) is 4.59. The largest absolute Gasteiger partial charge is 0.493 e. The van der Waals surface area contributed by atoms with Crippen LogP contribution < -0.4 is 9.47 Å². The van der Waals surface area contributed by atoms with Gasteiger partial charge in [0.2, 0.25) is 0 Å². The predicted molar refractivity (Wildman–Crippen MR) is 126 cm³/mol. The summed E-state index contributed by atoms with van der Waals surface area (Å²) < 4.78 is 12.6. The van der Waals surface area contributed by atoms with Gasteiger partial charge >= 0.3 is 0 Å². The maximum Gasteiger partial charge on any atom is 0.161 e. The SMILES string of the molecule is COc1cc(/C=C(/C#N)c2nc3ccccc3s2)ccc1OCc1cc(C)ccc1C. The highest BCUT2D eigenvalue weighted by molar-refractivity contribution is 7.19. The molecule has 4 aromatic rings. The molecular weight excluding hydrogens is 404 g/mol. The quantitative estimate of drug-likeness (QED) is 0.327. The highest BCUT2D eigenvalue weighted by Gasteiger charge is 2.11. The number of aryl methyl sites for hydroxylation is 2. The first-order chi connectivity index (χ1) is 15.1. The molecule has 0 atom stereocenters. The minimum Gasteiger partial charge on any atom is -0.493 e. The molecule has 154 valence electrons. The molecule has 0 aliphatic heterocycles. The van der Waals surface area contributed by atoms with Crippen molar-refractivity contribution in [1.29, 1.82) is 5.26 Å². The number of methoxy groups -OCH3 is 1. The molecule has 4 rings (SSSR count). The molecule has 1 heterocycles. The Bertz CT molecular complexity index is 1280. The first kappa shape index (κ1) is 20.6. The molecule has 0 bridgehead atoms. The molecular formula is C26H22N2O2S. The molecule has 0 fully saturated rings. The molecule has 31 heavy (non-hydrogen) atoms. The van der Waals surface area contributed by atoms with E-state index in [1.54, 1.807) is 7.11 Å². The molecule has 0 amide bonds. The zero-order valence-electron chi connectivity index (χ0n) is 17.7. The van der Waals surface area contributed by atoms with E-state index in [4.69, 9.17) is 9.47 Å². The van der Waals surface area contributed by atoms with E-state index >= 15 is 0 Å². The molecule has 0 unspecified atom stereocenters. The lowest BCUT2D eigenvalue weighted by molar-refractivity contribution is 0.284. The number of thiazole rings is 1. The summed E-state index contributed by atoms with van der Waals surface area (Å²) >= 11 is 1.51. The van der Waals surface area contributed by atoms with Crippen molar-refractivity contribution in [3.8, 4) is 17.6 Å². The number of allylic oxidation sites excluding steroid dienone is 1. The van der Waals surface area contributed by atoms with Crippen LogP contribution in [-0.4, -0.2) is 12.1 Å². The van der Waals surface area contributed by atoms with Gasteiger partial charge in [-0.3, -0.25) is 0 Å². The number of ether oxygens (including phenoxy) is 2. The molecule has 0 N–H and O–H groups in total. The third kappa shape index (κ3) is 4.60. The zero-order valence-corrected chi connectivity index (χ0v) is 18.5. The second kappa shape index (κ2) is 9.03. The summed E-state index contributed by atoms with van der Waals surface area (Å²) in [5.74, 6) is 1.29. The third-order valence-electron chi connectivity index (χ3n) is 5.03. The van der Waals surface area contributed by atoms with Crippen molar-refractivity contribution in [1.82, 2.24) is 4.98 Å². The van der Waals surface area contributed by atoms with Crippen molar-refractivity contribution >= 4 is 33.2 Å². The molecule has 0 radical (unpaired) electrons. The maximum absolute atomic E-state index is 9.70. The molecule has 0 aliphatic rings. The van der Waals surface area contributed by atoms with Crippen LogP contribution in [0.1, 0.15) is 27.3 Å². The van der Waals surface area contributed by atoms with Gasteiger partial charge in [-0.2, -0.15) is 5.26 Å². The summed E-state index contributed by atoms with van der Waals surface area (Å²) in [5.41, 5.74) is 5.82. The van der Waals surface area contributed by atoms with Gasteiger partial charge in [-0.15, -0.1) is 11.3 Å². The van der Waals surface area contributed by atoms with E-state index in [1.807, 2.05) is 48.5 Å². The normalized spacial score (nSPS) is 11.4. The Kier molecular flexibility index (Phi) is 6.01. The van der Waals surface area contributed by atoms with Crippen LogP contribution in [0.5, 0.6) is 11.5 Å². The third-order valence-corrected chi connectivity index (χ3v) is 6.10. The lowest BCUT2D eigenvalue weighted by Gasteiger charge is -2.13. The van der Waals surface area contributed by atoms with Crippen molar-refractivity contribution < 1.29 is 9.47 Å². The van der Waals surface area contributed by atoms with E-state index in [0.717, 1.165) is 21.3 Å². The fourth-order valence-electron chi connectivity index (χ4n) is 3.30. The van der Waals surface area contributed by atoms with Gasteiger partial charge in [-0.05, 0) is 60.9 Å². The van der Waals surface area contributed by atoms with Gasteiger partial charge in [0.05, 0.1) is 22.9 Å². The van der Waals surface area contributed by atoms with E-state index in [-0.39, 0.29) is 0 Å². The summed E-state index contributed by atoms with van der Waals surface area (Å²) in [7, 11) is 1.62. The van der Waals surface area contributed by atoms with Gasteiger partial charge in [0.25, 0.3) is 0 Å². The molecule has 3 aromatic carbocycles. The molecule has 0 spiro atoms. The Morgan fingerprint density at radius 1 is 1.06 bits per heavy atom.